The summed E-state index contributed by atoms with van der Waals surface area (Å²) in [6, 6.07) is 10.1. The van der Waals surface area contributed by atoms with Gasteiger partial charge in [0.25, 0.3) is 29.8 Å². The van der Waals surface area contributed by atoms with Gasteiger partial charge in [0.1, 0.15) is 17.5 Å². The molecule has 3 aliphatic rings. The summed E-state index contributed by atoms with van der Waals surface area (Å²) in [5, 5.41) is 11.3. The Kier molecular flexibility index (Phi) is 14.9. The molecule has 0 spiro atoms. The first-order valence-electron chi connectivity index (χ1n) is 21.0. The minimum Gasteiger partial charge on any atom is -0.496 e. The monoisotopic (exact) mass is 850 g/mol. The highest BCUT2D eigenvalue weighted by atomic mass is 16.5. The second-order valence-corrected chi connectivity index (χ2v) is 15.9. The fraction of sp³-hybridized carbons (Fsp3) is 0.435. The minimum absolute atomic E-state index is 0.0682. The lowest BCUT2D eigenvalue weighted by atomic mass is 9.96. The van der Waals surface area contributed by atoms with Gasteiger partial charge in [0, 0.05) is 70.8 Å². The zero-order chi connectivity index (χ0) is 44.5. The number of unbranched alkanes of at least 4 members (excludes halogenated alkanes) is 6. The maximum absolute atomic E-state index is 13.4. The number of hydrogen-bond donors (Lipinski definition) is 2. The number of imide groups is 2. The van der Waals surface area contributed by atoms with E-state index in [1.54, 1.807) is 50.4 Å². The second-order valence-electron chi connectivity index (χ2n) is 15.9. The van der Waals surface area contributed by atoms with Crippen molar-refractivity contribution in [1.82, 2.24) is 29.6 Å². The molecule has 0 saturated carbocycles. The molecule has 2 fully saturated rings. The van der Waals surface area contributed by atoms with E-state index in [1.165, 1.54) is 7.05 Å². The molecule has 1 unspecified atom stereocenters. The van der Waals surface area contributed by atoms with Gasteiger partial charge in [0.15, 0.2) is 0 Å². The van der Waals surface area contributed by atoms with Crippen LogP contribution >= 0.6 is 0 Å². The van der Waals surface area contributed by atoms with Crippen molar-refractivity contribution >= 4 is 46.8 Å². The molecule has 62 heavy (non-hydrogen) atoms. The van der Waals surface area contributed by atoms with Gasteiger partial charge in [-0.15, -0.1) is 0 Å². The molecular weight excluding hydrogens is 797 g/mol. The number of benzene rings is 2. The number of rotatable bonds is 17. The fourth-order valence-electron chi connectivity index (χ4n) is 8.61. The number of nitrogens with one attached hydrogen (secondary N) is 1. The molecule has 7 rings (SSSR count). The van der Waals surface area contributed by atoms with Crippen LogP contribution in [0.25, 0.3) is 21.9 Å². The maximum atomic E-state index is 13.4. The number of carbonyl (C=O) groups is 6. The molecule has 2 N–H and O–H groups in total. The smallest absolute Gasteiger partial charge is 0.290 e. The Hall–Kier alpha value is -6.42. The van der Waals surface area contributed by atoms with Crippen molar-refractivity contribution in [2.75, 3.05) is 40.9 Å². The summed E-state index contributed by atoms with van der Waals surface area (Å²) in [4.78, 5) is 93.8. The molecule has 328 valence electrons. The number of methoxy groups -OCH3 is 2. The van der Waals surface area contributed by atoms with Crippen LogP contribution in [0.15, 0.2) is 59.8 Å². The third-order valence-corrected chi connectivity index (χ3v) is 12.0. The highest BCUT2D eigenvalue weighted by Crippen LogP contribution is 2.39. The van der Waals surface area contributed by atoms with Crippen molar-refractivity contribution in [2.24, 2.45) is 13.0 Å². The number of aromatic nitrogens is 2. The second kappa shape index (κ2) is 20.4. The van der Waals surface area contributed by atoms with Gasteiger partial charge in [-0.1, -0.05) is 44.2 Å². The largest absolute Gasteiger partial charge is 0.496 e. The van der Waals surface area contributed by atoms with Gasteiger partial charge in [-0.05, 0) is 66.5 Å². The van der Waals surface area contributed by atoms with E-state index in [0.717, 1.165) is 82.4 Å². The minimum atomic E-state index is -0.951. The van der Waals surface area contributed by atoms with Gasteiger partial charge in [-0.2, -0.15) is 0 Å². The van der Waals surface area contributed by atoms with Crippen molar-refractivity contribution in [3.8, 4) is 22.6 Å². The first-order chi connectivity index (χ1) is 29.9. The number of ether oxygens (including phenoxy) is 2. The molecular formula is C46H54N6O10. The predicted molar refractivity (Wildman–Crippen MR) is 230 cm³/mol. The molecule has 16 nitrogen and oxygen atoms in total. The van der Waals surface area contributed by atoms with Crippen LogP contribution in [0.5, 0.6) is 11.5 Å². The number of likely N-dealkylation sites (N-methyl/N-ethyl adjacent to an activating group) is 1. The Morgan fingerprint density at radius 1 is 0.887 bits per heavy atom. The summed E-state index contributed by atoms with van der Waals surface area (Å²) < 4.78 is 13.2. The van der Waals surface area contributed by atoms with Crippen LogP contribution in [0.2, 0.25) is 0 Å². The molecule has 2 aromatic carbocycles. The van der Waals surface area contributed by atoms with Gasteiger partial charge in [0.05, 0.1) is 42.2 Å². The van der Waals surface area contributed by atoms with Gasteiger partial charge in [-0.25, -0.2) is 0 Å². The molecule has 2 saturated heterocycles. The third kappa shape index (κ3) is 9.54. The Bertz CT molecular complexity index is 2380. The molecule has 2 aromatic heterocycles. The highest BCUT2D eigenvalue weighted by Gasteiger charge is 2.47. The highest BCUT2D eigenvalue weighted by molar-refractivity contribution is 6.24. The molecule has 5 amide bonds. The van der Waals surface area contributed by atoms with E-state index >= 15 is 0 Å². The lowest BCUT2D eigenvalue weighted by molar-refractivity contribution is -0.149. The molecule has 4 aromatic rings. The Labute approximate surface area is 359 Å². The zero-order valence-electron chi connectivity index (χ0n) is 35.7. The van der Waals surface area contributed by atoms with Crippen LogP contribution < -0.4 is 20.3 Å². The lowest BCUT2D eigenvalue weighted by Gasteiger charge is -2.38. The van der Waals surface area contributed by atoms with Gasteiger partial charge in [-0.3, -0.25) is 53.2 Å². The number of nitrogens with zero attached hydrogens (tertiary/aromatic N) is 5. The van der Waals surface area contributed by atoms with E-state index in [1.807, 2.05) is 30.5 Å². The summed E-state index contributed by atoms with van der Waals surface area (Å²) in [6.45, 7) is 2.26. The molecule has 5 heterocycles. The topological polar surface area (TPSA) is 198 Å². The van der Waals surface area contributed by atoms with Crippen molar-refractivity contribution in [1.29, 1.82) is 0 Å². The average molecular weight is 851 g/mol. The van der Waals surface area contributed by atoms with Gasteiger partial charge < -0.3 is 24.5 Å². The molecule has 3 aliphatic heterocycles. The number of carboxylic acid groups (broad SMARTS) is 1. The number of aryl methyl sites for hydroxylation is 2. The van der Waals surface area contributed by atoms with Crippen LogP contribution in [-0.4, -0.2) is 112 Å². The van der Waals surface area contributed by atoms with Gasteiger partial charge >= 0.3 is 0 Å². The maximum Gasteiger partial charge on any atom is 0.290 e. The van der Waals surface area contributed by atoms with E-state index < -0.39 is 23.8 Å². The van der Waals surface area contributed by atoms with Crippen LogP contribution in [0, 0.1) is 5.92 Å². The summed E-state index contributed by atoms with van der Waals surface area (Å²) in [7, 11) is 6.38. The standard InChI is InChI=1S/C45H52N6O8.CH2O2/c1-48-26-34(31-18-20-46-23-33(31)42(48)54)29-21-37(58-3)35(38(22-29)59-4)27-50-24-30(25-50)41(53)47-19-11-9-7-5-6-8-10-13-28-14-12-15-32-40(28)45(57)51(43(32)55)36-16-17-39(52)49(2)44(36)56;2-1-3/h12,14-15,18,20-23,26,30,36H,5-11,13,16-17,19,24-25,27H2,1-4H3,(H,47,53);1H,(H,2,3). The van der Waals surface area contributed by atoms with Crippen molar-refractivity contribution in [2.45, 2.75) is 76.8 Å². The van der Waals surface area contributed by atoms with Crippen LogP contribution in [0.3, 0.4) is 0 Å². The normalized spacial score (nSPS) is 16.5. The molecule has 1 atom stereocenters. The number of hydrogen-bond acceptors (Lipinski definition) is 11. The SMILES string of the molecule is COc1cc(-c2cn(C)c(=O)c3cnccc23)cc(OC)c1CN1CC(C(=O)NCCCCCCCCCc2cccc3c2C(=O)N(C2CCC(=O)N(C)C2=O)C3=O)C1.O=CO. The molecule has 0 radical (unpaired) electrons. The number of fused-ring (bicyclic) bond motifs is 2. The van der Waals surface area contributed by atoms with Crippen molar-refractivity contribution < 1.29 is 43.3 Å². The molecule has 16 heteroatoms. The summed E-state index contributed by atoms with van der Waals surface area (Å²) in [5.74, 6) is -0.374. The average Bonchev–Trinajstić information content (AvgIpc) is 3.51. The van der Waals surface area contributed by atoms with E-state index in [-0.39, 0.29) is 42.6 Å². The summed E-state index contributed by atoms with van der Waals surface area (Å²) in [6.07, 6.45) is 13.0. The van der Waals surface area contributed by atoms with E-state index in [2.05, 4.69) is 15.2 Å². The molecule has 0 bridgehead atoms. The lowest BCUT2D eigenvalue weighted by Crippen LogP contribution is -2.54. The number of piperidine rings is 1. The Morgan fingerprint density at radius 3 is 2.23 bits per heavy atom. The Balaban J connectivity index is 0.00000208. The number of carbonyl (C=O) groups excluding carboxylic acids is 5. The van der Waals surface area contributed by atoms with E-state index in [4.69, 9.17) is 19.4 Å². The van der Waals surface area contributed by atoms with Crippen molar-refractivity contribution in [3.63, 3.8) is 0 Å². The van der Waals surface area contributed by atoms with Crippen LogP contribution in [0.4, 0.5) is 0 Å². The predicted octanol–water partition coefficient (Wildman–Crippen LogP) is 4.58. The fourth-order valence-corrected chi connectivity index (χ4v) is 8.61. The van der Waals surface area contributed by atoms with Crippen LogP contribution in [0.1, 0.15) is 89.6 Å². The quantitative estimate of drug-likeness (QED) is 0.0854. The third-order valence-electron chi connectivity index (χ3n) is 12.0. The van der Waals surface area contributed by atoms with Crippen molar-refractivity contribution in [3.05, 3.63) is 87.6 Å². The Morgan fingerprint density at radius 2 is 1.55 bits per heavy atom. The first kappa shape index (κ1) is 45.1. The number of amides is 5. The zero-order valence-corrected chi connectivity index (χ0v) is 35.7. The first-order valence-corrected chi connectivity index (χ1v) is 21.0. The van der Waals surface area contributed by atoms with Gasteiger partial charge in [0.2, 0.25) is 11.8 Å². The number of likely N-dealkylation sites (tertiary alicyclic amines) is 2. The van der Waals surface area contributed by atoms with E-state index in [0.29, 0.717) is 60.6 Å². The van der Waals surface area contributed by atoms with Crippen LogP contribution in [-0.2, 0) is 39.2 Å². The van der Waals surface area contributed by atoms with E-state index in [9.17, 15) is 28.8 Å². The molecule has 0 aliphatic carbocycles. The number of pyridine rings is 2. The summed E-state index contributed by atoms with van der Waals surface area (Å²) >= 11 is 0. The summed E-state index contributed by atoms with van der Waals surface area (Å²) in [5.41, 5.74) is 4.06.